The van der Waals surface area contributed by atoms with E-state index in [9.17, 15) is 0 Å². The van der Waals surface area contributed by atoms with Gasteiger partial charge in [-0.1, -0.05) is 13.8 Å². The maximum Gasteiger partial charge on any atom is 0.0229 e. The van der Waals surface area contributed by atoms with Gasteiger partial charge < -0.3 is 4.90 Å². The van der Waals surface area contributed by atoms with E-state index in [-0.39, 0.29) is 0 Å². The second-order valence-corrected chi connectivity index (χ2v) is 4.37. The van der Waals surface area contributed by atoms with Crippen LogP contribution in [0.1, 0.15) is 33.1 Å². The molecule has 0 aromatic heterocycles. The van der Waals surface area contributed by atoms with Crippen molar-refractivity contribution in [2.45, 2.75) is 45.2 Å². The molecule has 0 spiro atoms. The molecule has 0 aromatic rings. The lowest BCUT2D eigenvalue weighted by molar-refractivity contribution is 0.206. The summed E-state index contributed by atoms with van der Waals surface area (Å²) < 4.78 is 0. The maximum absolute atomic E-state index is 2.66. The van der Waals surface area contributed by atoms with Crippen molar-refractivity contribution in [3.63, 3.8) is 0 Å². The Morgan fingerprint density at radius 3 is 2.31 bits per heavy atom. The molecule has 1 aliphatic rings. The van der Waals surface area contributed by atoms with Gasteiger partial charge in [-0.05, 0) is 33.4 Å². The van der Waals surface area contributed by atoms with Gasteiger partial charge in [0.25, 0.3) is 0 Å². The second-order valence-electron chi connectivity index (χ2n) is 4.37. The van der Waals surface area contributed by atoms with Gasteiger partial charge in [0.2, 0.25) is 0 Å². The van der Waals surface area contributed by atoms with Crippen LogP contribution in [-0.4, -0.2) is 49.1 Å². The summed E-state index contributed by atoms with van der Waals surface area (Å²) in [6, 6.07) is 1.62. The summed E-state index contributed by atoms with van der Waals surface area (Å²) in [6.45, 7) is 7.18. The van der Waals surface area contributed by atoms with E-state index in [0.717, 1.165) is 12.1 Å². The van der Waals surface area contributed by atoms with E-state index in [1.54, 1.807) is 0 Å². The van der Waals surface area contributed by atoms with Crippen LogP contribution in [0, 0.1) is 0 Å². The van der Waals surface area contributed by atoms with Gasteiger partial charge in [-0.15, -0.1) is 0 Å². The molecule has 1 fully saturated rings. The Morgan fingerprint density at radius 2 is 1.92 bits per heavy atom. The third-order valence-electron chi connectivity index (χ3n) is 3.38. The van der Waals surface area contributed by atoms with E-state index in [1.165, 1.54) is 32.4 Å². The van der Waals surface area contributed by atoms with Gasteiger partial charge in [-0.3, -0.25) is 4.90 Å². The quantitative estimate of drug-likeness (QED) is 0.657. The maximum atomic E-state index is 2.66. The van der Waals surface area contributed by atoms with Crippen LogP contribution in [0.3, 0.4) is 0 Å². The van der Waals surface area contributed by atoms with E-state index >= 15 is 0 Å². The predicted octanol–water partition coefficient (Wildman–Crippen LogP) is 1.81. The lowest BCUT2D eigenvalue weighted by Gasteiger charge is -2.26. The van der Waals surface area contributed by atoms with Crippen molar-refractivity contribution >= 4 is 0 Å². The third-order valence-corrected chi connectivity index (χ3v) is 3.38. The van der Waals surface area contributed by atoms with Crippen LogP contribution in [0.4, 0.5) is 0 Å². The number of hydrogen-bond donors (Lipinski definition) is 0. The molecule has 1 aliphatic heterocycles. The fourth-order valence-electron chi connectivity index (χ4n) is 2.33. The number of hydrogen-bond acceptors (Lipinski definition) is 2. The van der Waals surface area contributed by atoms with Crippen molar-refractivity contribution in [1.82, 2.24) is 9.80 Å². The van der Waals surface area contributed by atoms with Crippen molar-refractivity contribution in [3.05, 3.63) is 0 Å². The Bertz CT molecular complexity index is 141. The Morgan fingerprint density at radius 1 is 1.31 bits per heavy atom. The third kappa shape index (κ3) is 2.68. The zero-order valence-electron chi connectivity index (χ0n) is 9.58. The Balaban J connectivity index is 2.39. The molecule has 2 heteroatoms. The van der Waals surface area contributed by atoms with Crippen LogP contribution in [-0.2, 0) is 0 Å². The number of nitrogens with zero attached hydrogens (tertiary/aromatic N) is 2. The van der Waals surface area contributed by atoms with Crippen molar-refractivity contribution in [1.29, 1.82) is 0 Å². The van der Waals surface area contributed by atoms with Crippen LogP contribution >= 0.6 is 0 Å². The predicted molar refractivity (Wildman–Crippen MR) is 58.0 cm³/mol. The molecule has 1 heterocycles. The molecule has 78 valence electrons. The van der Waals surface area contributed by atoms with Gasteiger partial charge >= 0.3 is 0 Å². The first kappa shape index (κ1) is 11.0. The average molecular weight is 184 g/mol. The van der Waals surface area contributed by atoms with E-state index in [4.69, 9.17) is 0 Å². The van der Waals surface area contributed by atoms with Gasteiger partial charge in [0, 0.05) is 25.2 Å². The largest absolute Gasteiger partial charge is 0.305 e. The van der Waals surface area contributed by atoms with Gasteiger partial charge in [0.15, 0.2) is 0 Å². The molecule has 0 unspecified atom stereocenters. The summed E-state index contributed by atoms with van der Waals surface area (Å²) in [7, 11) is 4.39. The van der Waals surface area contributed by atoms with Crippen LogP contribution in [0.5, 0.6) is 0 Å². The molecule has 0 bridgehead atoms. The molecule has 0 saturated carbocycles. The molecule has 1 atom stereocenters. The average Bonchev–Trinajstić information content (AvgIpc) is 2.56. The number of likely N-dealkylation sites (N-methyl/N-ethyl adjacent to an activating group) is 1. The molecule has 1 saturated heterocycles. The molecule has 0 amide bonds. The SMILES string of the molecule is CCC(CC)N1CC[C@H](N(C)C)C1. The lowest BCUT2D eigenvalue weighted by Crippen LogP contribution is -2.36. The smallest absolute Gasteiger partial charge is 0.0229 e. The first-order valence-corrected chi connectivity index (χ1v) is 5.59. The van der Waals surface area contributed by atoms with E-state index < -0.39 is 0 Å². The summed E-state index contributed by atoms with van der Waals surface area (Å²) in [5.74, 6) is 0. The minimum Gasteiger partial charge on any atom is -0.305 e. The summed E-state index contributed by atoms with van der Waals surface area (Å²) >= 11 is 0. The van der Waals surface area contributed by atoms with Gasteiger partial charge in [-0.2, -0.15) is 0 Å². The first-order chi connectivity index (χ1) is 6.19. The minimum atomic E-state index is 0.792. The van der Waals surface area contributed by atoms with Gasteiger partial charge in [0.05, 0.1) is 0 Å². The van der Waals surface area contributed by atoms with Crippen molar-refractivity contribution in [3.8, 4) is 0 Å². The summed E-state index contributed by atoms with van der Waals surface area (Å²) in [6.07, 6.45) is 3.96. The van der Waals surface area contributed by atoms with Crippen molar-refractivity contribution in [2.75, 3.05) is 27.2 Å². The molecule has 0 aliphatic carbocycles. The first-order valence-electron chi connectivity index (χ1n) is 5.59. The minimum absolute atomic E-state index is 0.792. The molecule has 1 rings (SSSR count). The van der Waals surface area contributed by atoms with Crippen molar-refractivity contribution in [2.24, 2.45) is 0 Å². The van der Waals surface area contributed by atoms with Gasteiger partial charge in [-0.25, -0.2) is 0 Å². The second kappa shape index (κ2) is 4.97. The highest BCUT2D eigenvalue weighted by molar-refractivity contribution is 4.84. The zero-order chi connectivity index (χ0) is 9.84. The molecular weight excluding hydrogens is 160 g/mol. The monoisotopic (exact) mass is 184 g/mol. The number of rotatable bonds is 4. The summed E-state index contributed by atoms with van der Waals surface area (Å²) in [5.41, 5.74) is 0. The standard InChI is InChI=1S/C11H24N2/c1-5-10(6-2)13-8-7-11(9-13)12(3)4/h10-11H,5-9H2,1-4H3/t11-/m0/s1. The fourth-order valence-corrected chi connectivity index (χ4v) is 2.33. The highest BCUT2D eigenvalue weighted by atomic mass is 15.2. The molecular formula is C11H24N2. The highest BCUT2D eigenvalue weighted by Crippen LogP contribution is 2.19. The molecule has 13 heavy (non-hydrogen) atoms. The Labute approximate surface area is 82.9 Å². The summed E-state index contributed by atoms with van der Waals surface area (Å²) in [4.78, 5) is 5.02. The zero-order valence-corrected chi connectivity index (χ0v) is 9.58. The van der Waals surface area contributed by atoms with Gasteiger partial charge in [0.1, 0.15) is 0 Å². The number of likely N-dealkylation sites (tertiary alicyclic amines) is 1. The van der Waals surface area contributed by atoms with Crippen molar-refractivity contribution < 1.29 is 0 Å². The molecule has 0 aromatic carbocycles. The summed E-state index contributed by atoms with van der Waals surface area (Å²) in [5, 5.41) is 0. The van der Waals surface area contributed by atoms with Crippen LogP contribution < -0.4 is 0 Å². The molecule has 0 N–H and O–H groups in total. The van der Waals surface area contributed by atoms with E-state index in [2.05, 4.69) is 37.7 Å². The molecule has 2 nitrogen and oxygen atoms in total. The van der Waals surface area contributed by atoms with Crippen LogP contribution in [0.2, 0.25) is 0 Å². The lowest BCUT2D eigenvalue weighted by atomic mass is 10.1. The molecule has 0 radical (unpaired) electrons. The van der Waals surface area contributed by atoms with Crippen LogP contribution in [0.25, 0.3) is 0 Å². The Kier molecular flexibility index (Phi) is 4.20. The highest BCUT2D eigenvalue weighted by Gasteiger charge is 2.27. The fraction of sp³-hybridized carbons (Fsp3) is 1.00. The Hall–Kier alpha value is -0.0800. The van der Waals surface area contributed by atoms with E-state index in [1.807, 2.05) is 0 Å². The topological polar surface area (TPSA) is 6.48 Å². The van der Waals surface area contributed by atoms with Crippen LogP contribution in [0.15, 0.2) is 0 Å². The van der Waals surface area contributed by atoms with E-state index in [0.29, 0.717) is 0 Å². The normalized spacial score (nSPS) is 24.9.